The van der Waals surface area contributed by atoms with Crippen molar-refractivity contribution in [2.45, 2.75) is 31.8 Å². The number of nitrogens with one attached hydrogen (secondary N) is 2. The fourth-order valence-electron chi connectivity index (χ4n) is 4.02. The van der Waals surface area contributed by atoms with Crippen molar-refractivity contribution in [3.8, 4) is 11.5 Å². The summed E-state index contributed by atoms with van der Waals surface area (Å²) in [5, 5.41) is 6.75. The predicted molar refractivity (Wildman–Crippen MR) is 127 cm³/mol. The molecule has 2 N–H and O–H groups in total. The molecule has 0 bridgehead atoms. The van der Waals surface area contributed by atoms with Gasteiger partial charge in [0.1, 0.15) is 17.5 Å². The van der Waals surface area contributed by atoms with Crippen LogP contribution in [0.1, 0.15) is 41.6 Å². The number of methoxy groups -OCH3 is 2. The summed E-state index contributed by atoms with van der Waals surface area (Å²) < 4.78 is 10.8. The van der Waals surface area contributed by atoms with E-state index in [9.17, 15) is 4.79 Å². The number of carbonyl (C=O) groups is 1. The number of rotatable bonds is 9. The number of hydrogen-bond donors (Lipinski definition) is 2. The first-order valence-electron chi connectivity index (χ1n) is 11.0. The molecule has 166 valence electrons. The molecule has 5 nitrogen and oxygen atoms in total. The lowest BCUT2D eigenvalue weighted by atomic mass is 9.98. The van der Waals surface area contributed by atoms with Gasteiger partial charge >= 0.3 is 0 Å². The molecule has 1 fully saturated rings. The molecule has 4 rings (SSSR count). The molecule has 0 radical (unpaired) electrons. The Bertz CT molecular complexity index is 1050. The molecule has 2 unspecified atom stereocenters. The summed E-state index contributed by atoms with van der Waals surface area (Å²) in [6.45, 7) is 1.99. The highest BCUT2D eigenvalue weighted by Crippen LogP contribution is 2.42. The van der Waals surface area contributed by atoms with E-state index in [1.807, 2.05) is 67.6 Å². The Morgan fingerprint density at radius 2 is 1.62 bits per heavy atom. The Kier molecular flexibility index (Phi) is 6.76. The second-order valence-corrected chi connectivity index (χ2v) is 8.29. The van der Waals surface area contributed by atoms with Crippen molar-refractivity contribution < 1.29 is 14.3 Å². The Labute approximate surface area is 189 Å². The van der Waals surface area contributed by atoms with Gasteiger partial charge in [-0.1, -0.05) is 48.5 Å². The molecule has 3 aromatic carbocycles. The normalized spacial score (nSPS) is 15.0. The van der Waals surface area contributed by atoms with Gasteiger partial charge in [0.25, 0.3) is 0 Å². The molecular weight excluding hydrogens is 400 g/mol. The van der Waals surface area contributed by atoms with Crippen LogP contribution in [0.3, 0.4) is 0 Å². The molecule has 0 saturated heterocycles. The van der Waals surface area contributed by atoms with Crippen molar-refractivity contribution in [2.24, 2.45) is 5.92 Å². The number of amides is 1. The molecule has 0 spiro atoms. The largest absolute Gasteiger partial charge is 0.497 e. The van der Waals surface area contributed by atoms with Crippen LogP contribution in [0, 0.1) is 12.8 Å². The number of aryl methyl sites for hydroxylation is 1. The first-order chi connectivity index (χ1) is 15.6. The second kappa shape index (κ2) is 9.88. The SMILES string of the molecule is COc1ccc(C(NC(C(=O)Nc2cc(C)ccc2OC)c2ccccc2)C2CC2)cc1. The van der Waals surface area contributed by atoms with Gasteiger partial charge in [-0.25, -0.2) is 0 Å². The maximum atomic E-state index is 13.6. The summed E-state index contributed by atoms with van der Waals surface area (Å²) in [7, 11) is 3.28. The number of hydrogen-bond acceptors (Lipinski definition) is 4. The molecule has 5 heteroatoms. The zero-order valence-electron chi connectivity index (χ0n) is 18.8. The van der Waals surface area contributed by atoms with Crippen LogP contribution in [0.5, 0.6) is 11.5 Å². The zero-order valence-corrected chi connectivity index (χ0v) is 18.8. The number of ether oxygens (including phenoxy) is 2. The van der Waals surface area contributed by atoms with E-state index < -0.39 is 6.04 Å². The van der Waals surface area contributed by atoms with Crippen molar-refractivity contribution in [3.05, 3.63) is 89.5 Å². The number of benzene rings is 3. The lowest BCUT2D eigenvalue weighted by Crippen LogP contribution is -2.36. The predicted octanol–water partition coefficient (Wildman–Crippen LogP) is 5.43. The van der Waals surface area contributed by atoms with Crippen LogP contribution in [-0.4, -0.2) is 20.1 Å². The van der Waals surface area contributed by atoms with E-state index in [0.717, 1.165) is 35.3 Å². The van der Waals surface area contributed by atoms with Crippen molar-refractivity contribution >= 4 is 11.6 Å². The molecule has 0 aromatic heterocycles. The van der Waals surface area contributed by atoms with Gasteiger partial charge in [0, 0.05) is 6.04 Å². The summed E-state index contributed by atoms with van der Waals surface area (Å²) in [4.78, 5) is 13.6. The molecule has 0 heterocycles. The highest BCUT2D eigenvalue weighted by molar-refractivity contribution is 5.97. The van der Waals surface area contributed by atoms with Crippen LogP contribution in [0.4, 0.5) is 5.69 Å². The molecule has 1 aliphatic rings. The van der Waals surface area contributed by atoms with E-state index in [1.165, 1.54) is 0 Å². The molecule has 32 heavy (non-hydrogen) atoms. The van der Waals surface area contributed by atoms with Crippen LogP contribution >= 0.6 is 0 Å². The topological polar surface area (TPSA) is 59.6 Å². The highest BCUT2D eigenvalue weighted by atomic mass is 16.5. The molecular formula is C27H30N2O3. The molecule has 2 atom stereocenters. The minimum absolute atomic E-state index is 0.0799. The van der Waals surface area contributed by atoms with Crippen molar-refractivity contribution in [2.75, 3.05) is 19.5 Å². The first kappa shape index (κ1) is 21.9. The van der Waals surface area contributed by atoms with Crippen LogP contribution in [0.2, 0.25) is 0 Å². The van der Waals surface area contributed by atoms with E-state index in [-0.39, 0.29) is 11.9 Å². The summed E-state index contributed by atoms with van der Waals surface area (Å²) in [6, 6.07) is 23.3. The fourth-order valence-corrected chi connectivity index (χ4v) is 4.02. The summed E-state index contributed by atoms with van der Waals surface area (Å²) in [5.41, 5.74) is 3.82. The first-order valence-corrected chi connectivity index (χ1v) is 11.0. The number of carbonyl (C=O) groups excluding carboxylic acids is 1. The standard InChI is InChI=1S/C27H30N2O3/c1-18-9-16-24(32-3)23(17-18)28-27(30)26(19-7-5-4-6-8-19)29-25(20-10-11-20)21-12-14-22(31-2)15-13-21/h4-9,12-17,20,25-26,29H,10-11H2,1-3H3,(H,28,30). The van der Waals surface area contributed by atoms with Crippen LogP contribution in [-0.2, 0) is 4.79 Å². The monoisotopic (exact) mass is 430 g/mol. The van der Waals surface area contributed by atoms with Crippen LogP contribution in [0.25, 0.3) is 0 Å². The van der Waals surface area contributed by atoms with E-state index in [4.69, 9.17) is 9.47 Å². The van der Waals surface area contributed by atoms with Gasteiger partial charge in [-0.05, 0) is 66.6 Å². The van der Waals surface area contributed by atoms with Gasteiger partial charge in [0.15, 0.2) is 0 Å². The summed E-state index contributed by atoms with van der Waals surface area (Å²) >= 11 is 0. The highest BCUT2D eigenvalue weighted by Gasteiger charge is 2.35. The lowest BCUT2D eigenvalue weighted by Gasteiger charge is -2.26. The smallest absolute Gasteiger partial charge is 0.246 e. The van der Waals surface area contributed by atoms with Gasteiger partial charge in [-0.2, -0.15) is 0 Å². The van der Waals surface area contributed by atoms with E-state index >= 15 is 0 Å². The zero-order chi connectivity index (χ0) is 22.5. The minimum atomic E-state index is -0.505. The third-order valence-corrected chi connectivity index (χ3v) is 5.92. The summed E-state index contributed by atoms with van der Waals surface area (Å²) in [5.74, 6) is 1.87. The van der Waals surface area contributed by atoms with Gasteiger partial charge < -0.3 is 14.8 Å². The molecule has 0 aliphatic heterocycles. The molecule has 1 aliphatic carbocycles. The van der Waals surface area contributed by atoms with Crippen LogP contribution in [0.15, 0.2) is 72.8 Å². The summed E-state index contributed by atoms with van der Waals surface area (Å²) in [6.07, 6.45) is 2.30. The van der Waals surface area contributed by atoms with Crippen molar-refractivity contribution in [3.63, 3.8) is 0 Å². The Morgan fingerprint density at radius 1 is 0.906 bits per heavy atom. The van der Waals surface area contributed by atoms with Crippen molar-refractivity contribution in [1.29, 1.82) is 0 Å². The lowest BCUT2D eigenvalue weighted by molar-refractivity contribution is -0.118. The Morgan fingerprint density at radius 3 is 2.25 bits per heavy atom. The fraction of sp³-hybridized carbons (Fsp3) is 0.296. The van der Waals surface area contributed by atoms with Crippen LogP contribution < -0.4 is 20.1 Å². The quantitative estimate of drug-likeness (QED) is 0.475. The van der Waals surface area contributed by atoms with Gasteiger partial charge in [-0.15, -0.1) is 0 Å². The maximum Gasteiger partial charge on any atom is 0.246 e. The molecule has 3 aromatic rings. The van der Waals surface area contributed by atoms with Gasteiger partial charge in [0.05, 0.1) is 19.9 Å². The second-order valence-electron chi connectivity index (χ2n) is 8.29. The minimum Gasteiger partial charge on any atom is -0.497 e. The third kappa shape index (κ3) is 5.11. The average Bonchev–Trinajstić information content (AvgIpc) is 3.66. The van der Waals surface area contributed by atoms with Gasteiger partial charge in [0.2, 0.25) is 5.91 Å². The van der Waals surface area contributed by atoms with Gasteiger partial charge in [-0.3, -0.25) is 10.1 Å². The third-order valence-electron chi connectivity index (χ3n) is 5.92. The van der Waals surface area contributed by atoms with E-state index in [2.05, 4.69) is 22.8 Å². The Balaban J connectivity index is 1.63. The maximum absolute atomic E-state index is 13.6. The van der Waals surface area contributed by atoms with E-state index in [1.54, 1.807) is 14.2 Å². The van der Waals surface area contributed by atoms with E-state index in [0.29, 0.717) is 17.4 Å². The molecule has 1 amide bonds. The Hall–Kier alpha value is -3.31. The van der Waals surface area contributed by atoms with Crippen molar-refractivity contribution in [1.82, 2.24) is 5.32 Å². The number of anilines is 1. The average molecular weight is 431 g/mol. The molecule has 1 saturated carbocycles.